The Bertz CT molecular complexity index is 666. The third kappa shape index (κ3) is 7.01. The van der Waals surface area contributed by atoms with Crippen LogP contribution >= 0.6 is 0 Å². The molecular formula is C22H28O2. The SMILES string of the molecule is CC(C)(O)CCCCCc1cccc(C=Cc2cccc(O)c2)c1. The van der Waals surface area contributed by atoms with Crippen LogP contribution in [0.1, 0.15) is 56.2 Å². The topological polar surface area (TPSA) is 40.5 Å². The summed E-state index contributed by atoms with van der Waals surface area (Å²) in [6.07, 6.45) is 9.39. The lowest BCUT2D eigenvalue weighted by Gasteiger charge is -2.16. The summed E-state index contributed by atoms with van der Waals surface area (Å²) in [4.78, 5) is 0. The van der Waals surface area contributed by atoms with Gasteiger partial charge in [0.05, 0.1) is 5.60 Å². The van der Waals surface area contributed by atoms with Crippen molar-refractivity contribution in [2.75, 3.05) is 0 Å². The lowest BCUT2D eigenvalue weighted by atomic mass is 9.98. The first kappa shape index (κ1) is 18.3. The van der Waals surface area contributed by atoms with Crippen LogP contribution in [-0.2, 0) is 6.42 Å². The van der Waals surface area contributed by atoms with E-state index >= 15 is 0 Å². The number of phenols is 1. The van der Waals surface area contributed by atoms with Crippen molar-refractivity contribution >= 4 is 12.2 Å². The number of hydrogen-bond acceptors (Lipinski definition) is 2. The fraction of sp³-hybridized carbons (Fsp3) is 0.364. The Balaban J connectivity index is 1.85. The van der Waals surface area contributed by atoms with Crippen molar-refractivity contribution in [1.29, 1.82) is 0 Å². The van der Waals surface area contributed by atoms with E-state index in [4.69, 9.17) is 0 Å². The van der Waals surface area contributed by atoms with Crippen LogP contribution in [0.15, 0.2) is 48.5 Å². The Labute approximate surface area is 145 Å². The predicted molar refractivity (Wildman–Crippen MR) is 102 cm³/mol. The van der Waals surface area contributed by atoms with Crippen LogP contribution in [-0.4, -0.2) is 15.8 Å². The van der Waals surface area contributed by atoms with Gasteiger partial charge in [-0.05, 0) is 61.9 Å². The van der Waals surface area contributed by atoms with E-state index in [1.165, 1.54) is 11.1 Å². The van der Waals surface area contributed by atoms with Crippen LogP contribution in [0.4, 0.5) is 0 Å². The van der Waals surface area contributed by atoms with Gasteiger partial charge in [-0.3, -0.25) is 0 Å². The number of phenolic OH excluding ortho intramolecular Hbond substituents is 1. The number of unbranched alkanes of at least 4 members (excludes halogenated alkanes) is 2. The summed E-state index contributed by atoms with van der Waals surface area (Å²) in [6, 6.07) is 15.8. The molecule has 0 saturated heterocycles. The molecule has 2 nitrogen and oxygen atoms in total. The third-order valence-electron chi connectivity index (χ3n) is 4.04. The zero-order chi connectivity index (χ0) is 17.4. The van der Waals surface area contributed by atoms with E-state index in [1.54, 1.807) is 12.1 Å². The van der Waals surface area contributed by atoms with Gasteiger partial charge < -0.3 is 10.2 Å². The van der Waals surface area contributed by atoms with E-state index in [1.807, 2.05) is 32.1 Å². The molecule has 0 saturated carbocycles. The number of aryl methyl sites for hydroxylation is 1. The molecule has 128 valence electrons. The van der Waals surface area contributed by atoms with Crippen LogP contribution < -0.4 is 0 Å². The van der Waals surface area contributed by atoms with Gasteiger partial charge in [0.2, 0.25) is 0 Å². The molecule has 0 bridgehead atoms. The van der Waals surface area contributed by atoms with Gasteiger partial charge in [0.1, 0.15) is 5.75 Å². The molecule has 0 aromatic heterocycles. The normalized spacial score (nSPS) is 12.0. The fourth-order valence-electron chi connectivity index (χ4n) is 2.74. The first-order chi connectivity index (χ1) is 11.4. The third-order valence-corrected chi connectivity index (χ3v) is 4.04. The summed E-state index contributed by atoms with van der Waals surface area (Å²) in [5.74, 6) is 0.289. The predicted octanol–water partition coefficient (Wildman–Crippen LogP) is 5.44. The van der Waals surface area contributed by atoms with Crippen LogP contribution in [0.2, 0.25) is 0 Å². The Hall–Kier alpha value is -2.06. The largest absolute Gasteiger partial charge is 0.508 e. The van der Waals surface area contributed by atoms with Crippen molar-refractivity contribution in [2.24, 2.45) is 0 Å². The average molecular weight is 324 g/mol. The fourth-order valence-corrected chi connectivity index (χ4v) is 2.74. The van der Waals surface area contributed by atoms with Gasteiger partial charge in [0.15, 0.2) is 0 Å². The number of aliphatic hydroxyl groups is 1. The molecule has 0 aliphatic heterocycles. The molecule has 2 aromatic rings. The molecular weight excluding hydrogens is 296 g/mol. The molecule has 24 heavy (non-hydrogen) atoms. The molecule has 0 amide bonds. The molecule has 0 unspecified atom stereocenters. The highest BCUT2D eigenvalue weighted by Gasteiger charge is 2.10. The van der Waals surface area contributed by atoms with Gasteiger partial charge in [0.25, 0.3) is 0 Å². The molecule has 0 aliphatic rings. The Morgan fingerprint density at radius 2 is 1.54 bits per heavy atom. The minimum absolute atomic E-state index is 0.289. The van der Waals surface area contributed by atoms with E-state index in [9.17, 15) is 10.2 Å². The van der Waals surface area contributed by atoms with Crippen LogP contribution in [0.3, 0.4) is 0 Å². The molecule has 0 aliphatic carbocycles. The number of hydrogen-bond donors (Lipinski definition) is 2. The minimum Gasteiger partial charge on any atom is -0.508 e. The average Bonchev–Trinajstić information content (AvgIpc) is 2.52. The zero-order valence-electron chi connectivity index (χ0n) is 14.7. The Kier molecular flexibility index (Phi) is 6.62. The second-order valence-electron chi connectivity index (χ2n) is 7.05. The Morgan fingerprint density at radius 3 is 2.21 bits per heavy atom. The number of rotatable bonds is 8. The molecule has 0 atom stereocenters. The standard InChI is InChI=1S/C22H28O2/c1-22(2,24)15-5-3-4-8-18-9-6-10-19(16-18)13-14-20-11-7-12-21(23)17-20/h6-7,9-14,16-17,23-24H,3-5,8,15H2,1-2H3. The quantitative estimate of drug-likeness (QED) is 0.501. The summed E-state index contributed by atoms with van der Waals surface area (Å²) >= 11 is 0. The first-order valence-corrected chi connectivity index (χ1v) is 8.71. The van der Waals surface area contributed by atoms with Crippen LogP contribution in [0.25, 0.3) is 12.2 Å². The second-order valence-corrected chi connectivity index (χ2v) is 7.05. The molecule has 0 radical (unpaired) electrons. The molecule has 2 rings (SSSR count). The van der Waals surface area contributed by atoms with Gasteiger partial charge in [-0.15, -0.1) is 0 Å². The van der Waals surface area contributed by atoms with Crippen molar-refractivity contribution in [3.8, 4) is 5.75 Å². The molecule has 0 heterocycles. The van der Waals surface area contributed by atoms with Gasteiger partial charge in [0, 0.05) is 0 Å². The van der Waals surface area contributed by atoms with Gasteiger partial charge in [-0.25, -0.2) is 0 Å². The van der Waals surface area contributed by atoms with Gasteiger partial charge in [-0.2, -0.15) is 0 Å². The highest BCUT2D eigenvalue weighted by molar-refractivity contribution is 5.70. The highest BCUT2D eigenvalue weighted by Crippen LogP contribution is 2.17. The van der Waals surface area contributed by atoms with E-state index in [0.29, 0.717) is 0 Å². The summed E-state index contributed by atoms with van der Waals surface area (Å²) in [5, 5.41) is 19.2. The van der Waals surface area contributed by atoms with Crippen molar-refractivity contribution in [3.63, 3.8) is 0 Å². The Morgan fingerprint density at radius 1 is 0.875 bits per heavy atom. The van der Waals surface area contributed by atoms with Crippen molar-refractivity contribution in [3.05, 3.63) is 65.2 Å². The van der Waals surface area contributed by atoms with Crippen molar-refractivity contribution in [2.45, 2.75) is 51.6 Å². The summed E-state index contributed by atoms with van der Waals surface area (Å²) in [6.45, 7) is 3.74. The van der Waals surface area contributed by atoms with Gasteiger partial charge in [-0.1, -0.05) is 61.4 Å². The molecule has 2 N–H and O–H groups in total. The summed E-state index contributed by atoms with van der Waals surface area (Å²) in [7, 11) is 0. The first-order valence-electron chi connectivity index (χ1n) is 8.71. The van der Waals surface area contributed by atoms with E-state index in [-0.39, 0.29) is 5.75 Å². The monoisotopic (exact) mass is 324 g/mol. The molecule has 2 heteroatoms. The van der Waals surface area contributed by atoms with Crippen LogP contribution in [0.5, 0.6) is 5.75 Å². The molecule has 0 fully saturated rings. The van der Waals surface area contributed by atoms with Crippen molar-refractivity contribution < 1.29 is 10.2 Å². The maximum absolute atomic E-state index is 9.72. The summed E-state index contributed by atoms with van der Waals surface area (Å²) < 4.78 is 0. The minimum atomic E-state index is -0.545. The van der Waals surface area contributed by atoms with E-state index < -0.39 is 5.60 Å². The molecule has 0 spiro atoms. The maximum Gasteiger partial charge on any atom is 0.116 e. The van der Waals surface area contributed by atoms with Gasteiger partial charge >= 0.3 is 0 Å². The number of aromatic hydroxyl groups is 1. The lowest BCUT2D eigenvalue weighted by molar-refractivity contribution is 0.0681. The highest BCUT2D eigenvalue weighted by atomic mass is 16.3. The molecule has 2 aromatic carbocycles. The van der Waals surface area contributed by atoms with Crippen LogP contribution in [0, 0.1) is 0 Å². The summed E-state index contributed by atoms with van der Waals surface area (Å²) in [5.41, 5.74) is 2.96. The second kappa shape index (κ2) is 8.70. The maximum atomic E-state index is 9.72. The van der Waals surface area contributed by atoms with Crippen molar-refractivity contribution in [1.82, 2.24) is 0 Å². The van der Waals surface area contributed by atoms with E-state index in [2.05, 4.69) is 30.3 Å². The van der Waals surface area contributed by atoms with E-state index in [0.717, 1.165) is 37.7 Å². The zero-order valence-corrected chi connectivity index (χ0v) is 14.7. The smallest absolute Gasteiger partial charge is 0.116 e. The number of benzene rings is 2. The lowest BCUT2D eigenvalue weighted by Crippen LogP contribution is -2.17.